The SMILES string of the molecule is CCOCC1NN=C2c3cc(Cl)ccc3-n3cnc(C4=NCCO4)c3CN21. The Hall–Kier alpha value is -2.58. The maximum Gasteiger partial charge on any atom is 0.237 e. The largest absolute Gasteiger partial charge is 0.474 e. The van der Waals surface area contributed by atoms with Crippen LogP contribution in [0.15, 0.2) is 34.6 Å². The van der Waals surface area contributed by atoms with Gasteiger partial charge in [0.05, 0.1) is 31.1 Å². The molecule has 2 aromatic rings. The Bertz CT molecular complexity index is 953. The second-order valence-electron chi connectivity index (χ2n) is 6.47. The lowest BCUT2D eigenvalue weighted by molar-refractivity contribution is 0.0860. The summed E-state index contributed by atoms with van der Waals surface area (Å²) in [6, 6.07) is 5.81. The van der Waals surface area contributed by atoms with E-state index in [0.717, 1.165) is 28.5 Å². The number of aromatic nitrogens is 2. The zero-order valence-electron chi connectivity index (χ0n) is 14.9. The van der Waals surface area contributed by atoms with E-state index in [1.54, 1.807) is 0 Å². The molecule has 3 aliphatic rings. The molecule has 8 nitrogen and oxygen atoms in total. The van der Waals surface area contributed by atoms with Crippen LogP contribution in [0, 0.1) is 0 Å². The molecule has 27 heavy (non-hydrogen) atoms. The number of halogens is 1. The fourth-order valence-corrected chi connectivity index (χ4v) is 3.79. The van der Waals surface area contributed by atoms with Crippen LogP contribution >= 0.6 is 11.6 Å². The lowest BCUT2D eigenvalue weighted by atomic mass is 10.1. The van der Waals surface area contributed by atoms with Crippen molar-refractivity contribution in [3.8, 4) is 5.69 Å². The summed E-state index contributed by atoms with van der Waals surface area (Å²) in [5.41, 5.74) is 6.90. The lowest BCUT2D eigenvalue weighted by Crippen LogP contribution is -2.43. The van der Waals surface area contributed by atoms with Gasteiger partial charge in [0.1, 0.15) is 24.8 Å². The van der Waals surface area contributed by atoms with Crippen molar-refractivity contribution in [1.29, 1.82) is 0 Å². The molecule has 0 saturated heterocycles. The molecule has 0 amide bonds. The van der Waals surface area contributed by atoms with Crippen LogP contribution in [0.3, 0.4) is 0 Å². The Kier molecular flexibility index (Phi) is 4.02. The standard InChI is InChI=1S/C18H19ClN6O2/c1-2-26-9-15-22-23-17-12-7-11(19)3-4-13(12)25-10-21-16(14(25)8-24(15)17)18-20-5-6-27-18/h3-4,7,10,15,22H,2,5-6,8-9H2,1H3. The Labute approximate surface area is 161 Å². The molecule has 0 aliphatic carbocycles. The summed E-state index contributed by atoms with van der Waals surface area (Å²) in [5.74, 6) is 1.45. The first-order valence-electron chi connectivity index (χ1n) is 8.98. The minimum atomic E-state index is -0.0625. The molecular formula is C18H19ClN6O2. The number of nitrogens with zero attached hydrogens (tertiary/aromatic N) is 5. The third-order valence-corrected chi connectivity index (χ3v) is 5.12. The summed E-state index contributed by atoms with van der Waals surface area (Å²) in [4.78, 5) is 11.2. The van der Waals surface area contributed by atoms with Crippen LogP contribution in [0.2, 0.25) is 5.02 Å². The molecule has 1 unspecified atom stereocenters. The number of nitrogens with one attached hydrogen (secondary N) is 1. The fourth-order valence-electron chi connectivity index (χ4n) is 3.62. The Balaban J connectivity index is 1.65. The normalized spacial score (nSPS) is 20.1. The van der Waals surface area contributed by atoms with Crippen LogP contribution in [0.4, 0.5) is 0 Å². The van der Waals surface area contributed by atoms with Gasteiger partial charge in [0, 0.05) is 17.2 Å². The molecule has 0 spiro atoms. The van der Waals surface area contributed by atoms with Gasteiger partial charge in [-0.05, 0) is 25.1 Å². The van der Waals surface area contributed by atoms with Gasteiger partial charge in [-0.1, -0.05) is 11.6 Å². The summed E-state index contributed by atoms with van der Waals surface area (Å²) >= 11 is 6.29. The van der Waals surface area contributed by atoms with Crippen molar-refractivity contribution in [2.45, 2.75) is 19.6 Å². The van der Waals surface area contributed by atoms with E-state index in [1.165, 1.54) is 0 Å². The highest BCUT2D eigenvalue weighted by Crippen LogP contribution is 2.31. The second kappa shape index (κ2) is 6.54. The number of hydrogen-bond acceptors (Lipinski definition) is 7. The third kappa shape index (κ3) is 2.67. The molecule has 0 saturated carbocycles. The fraction of sp³-hybridized carbons (Fsp3) is 0.389. The summed E-state index contributed by atoms with van der Waals surface area (Å²) < 4.78 is 13.4. The Morgan fingerprint density at radius 2 is 2.33 bits per heavy atom. The van der Waals surface area contributed by atoms with Crippen LogP contribution in [0.25, 0.3) is 5.69 Å². The van der Waals surface area contributed by atoms with E-state index in [1.807, 2.05) is 31.5 Å². The van der Waals surface area contributed by atoms with Gasteiger partial charge in [0.15, 0.2) is 5.84 Å². The zero-order chi connectivity index (χ0) is 18.4. The number of amidine groups is 1. The first-order valence-corrected chi connectivity index (χ1v) is 9.36. The van der Waals surface area contributed by atoms with E-state index in [0.29, 0.717) is 43.8 Å². The third-order valence-electron chi connectivity index (χ3n) is 4.88. The van der Waals surface area contributed by atoms with Gasteiger partial charge in [-0.15, -0.1) is 0 Å². The summed E-state index contributed by atoms with van der Waals surface area (Å²) in [6.07, 6.45) is 1.75. The summed E-state index contributed by atoms with van der Waals surface area (Å²) in [5, 5.41) is 5.25. The van der Waals surface area contributed by atoms with Crippen LogP contribution < -0.4 is 5.43 Å². The molecule has 0 radical (unpaired) electrons. The van der Waals surface area contributed by atoms with Crippen molar-refractivity contribution in [1.82, 2.24) is 19.9 Å². The number of hydrazone groups is 1. The second-order valence-corrected chi connectivity index (χ2v) is 6.91. The van der Waals surface area contributed by atoms with Gasteiger partial charge in [0.2, 0.25) is 5.90 Å². The number of hydrogen-bond donors (Lipinski definition) is 1. The van der Waals surface area contributed by atoms with E-state index >= 15 is 0 Å². The van der Waals surface area contributed by atoms with Crippen LogP contribution in [-0.2, 0) is 16.0 Å². The van der Waals surface area contributed by atoms with Crippen LogP contribution in [0.5, 0.6) is 0 Å². The summed E-state index contributed by atoms with van der Waals surface area (Å²) in [7, 11) is 0. The quantitative estimate of drug-likeness (QED) is 0.866. The number of imidazole rings is 1. The van der Waals surface area contributed by atoms with E-state index in [4.69, 9.17) is 21.1 Å². The maximum absolute atomic E-state index is 6.29. The molecule has 1 atom stereocenters. The van der Waals surface area contributed by atoms with Crippen molar-refractivity contribution >= 4 is 23.3 Å². The molecule has 1 aromatic carbocycles. The number of fused-ring (bicyclic) bond motifs is 5. The van der Waals surface area contributed by atoms with Gasteiger partial charge >= 0.3 is 0 Å². The number of aliphatic imine (C=N–C) groups is 1. The number of benzene rings is 1. The topological polar surface area (TPSA) is 76.3 Å². The van der Waals surface area contributed by atoms with Gasteiger partial charge in [-0.25, -0.2) is 9.98 Å². The van der Waals surface area contributed by atoms with Crippen molar-refractivity contribution in [2.75, 3.05) is 26.4 Å². The van der Waals surface area contributed by atoms with E-state index in [-0.39, 0.29) is 6.17 Å². The minimum Gasteiger partial charge on any atom is -0.474 e. The average Bonchev–Trinajstić information content (AvgIpc) is 3.39. The Morgan fingerprint density at radius 3 is 3.15 bits per heavy atom. The lowest BCUT2D eigenvalue weighted by Gasteiger charge is -2.25. The highest BCUT2D eigenvalue weighted by atomic mass is 35.5. The predicted molar refractivity (Wildman–Crippen MR) is 101 cm³/mol. The van der Waals surface area contributed by atoms with Gasteiger partial charge in [-0.3, -0.25) is 9.99 Å². The molecule has 4 heterocycles. The van der Waals surface area contributed by atoms with Gasteiger partial charge in [-0.2, -0.15) is 5.10 Å². The molecule has 9 heteroatoms. The summed E-state index contributed by atoms with van der Waals surface area (Å²) in [6.45, 7) is 5.03. The maximum atomic E-state index is 6.29. The predicted octanol–water partition coefficient (Wildman–Crippen LogP) is 1.75. The molecule has 5 rings (SSSR count). The van der Waals surface area contributed by atoms with Crippen LogP contribution in [0.1, 0.15) is 23.9 Å². The number of rotatable bonds is 4. The average molecular weight is 387 g/mol. The molecule has 0 bridgehead atoms. The van der Waals surface area contributed by atoms with Crippen molar-refractivity contribution in [3.05, 3.63) is 46.5 Å². The van der Waals surface area contributed by atoms with Crippen LogP contribution in [-0.4, -0.2) is 58.7 Å². The van der Waals surface area contributed by atoms with E-state index in [2.05, 4.69) is 30.0 Å². The van der Waals surface area contributed by atoms with E-state index in [9.17, 15) is 0 Å². The monoisotopic (exact) mass is 386 g/mol. The number of ether oxygens (including phenoxy) is 2. The van der Waals surface area contributed by atoms with Gasteiger partial charge < -0.3 is 14.4 Å². The highest BCUT2D eigenvalue weighted by molar-refractivity contribution is 6.31. The van der Waals surface area contributed by atoms with Crippen molar-refractivity contribution in [2.24, 2.45) is 10.1 Å². The molecule has 140 valence electrons. The first kappa shape index (κ1) is 16.6. The smallest absolute Gasteiger partial charge is 0.237 e. The zero-order valence-corrected chi connectivity index (χ0v) is 15.6. The molecule has 0 fully saturated rings. The molecule has 1 aromatic heterocycles. The van der Waals surface area contributed by atoms with Crippen molar-refractivity contribution in [3.63, 3.8) is 0 Å². The first-order chi connectivity index (χ1) is 13.3. The van der Waals surface area contributed by atoms with E-state index < -0.39 is 0 Å². The molecule has 1 N–H and O–H groups in total. The van der Waals surface area contributed by atoms with Gasteiger partial charge in [0.25, 0.3) is 0 Å². The molecular weight excluding hydrogens is 368 g/mol. The Morgan fingerprint density at radius 1 is 1.41 bits per heavy atom. The molecule has 3 aliphatic heterocycles. The highest BCUT2D eigenvalue weighted by Gasteiger charge is 2.36. The van der Waals surface area contributed by atoms with Crippen molar-refractivity contribution < 1.29 is 9.47 Å². The minimum absolute atomic E-state index is 0.0625.